The van der Waals surface area contributed by atoms with Crippen molar-refractivity contribution in [2.45, 2.75) is 26.8 Å². The lowest BCUT2D eigenvalue weighted by Crippen LogP contribution is -2.37. The van der Waals surface area contributed by atoms with Gasteiger partial charge in [-0.05, 0) is 42.5 Å². The summed E-state index contributed by atoms with van der Waals surface area (Å²) in [6.07, 6.45) is 3.11. The zero-order chi connectivity index (χ0) is 12.3. The van der Waals surface area contributed by atoms with Gasteiger partial charge in [0.05, 0.1) is 0 Å². The van der Waals surface area contributed by atoms with Crippen molar-refractivity contribution in [1.82, 2.24) is 9.88 Å². The van der Waals surface area contributed by atoms with Crippen molar-refractivity contribution in [3.05, 3.63) is 23.9 Å². The number of hydrogen-bond acceptors (Lipinski definition) is 4. The van der Waals surface area contributed by atoms with Crippen molar-refractivity contribution in [1.29, 1.82) is 0 Å². The first kappa shape index (κ1) is 12.3. The number of nitrogens with zero attached hydrogens (tertiary/aromatic N) is 2. The first-order valence-corrected chi connectivity index (χ1v) is 6.33. The van der Waals surface area contributed by atoms with Crippen LogP contribution in [0, 0.1) is 11.8 Å². The molecule has 4 nitrogen and oxygen atoms in total. The lowest BCUT2D eigenvalue weighted by atomic mass is 9.88. The van der Waals surface area contributed by atoms with Crippen LogP contribution in [0.2, 0.25) is 0 Å². The monoisotopic (exact) mass is 234 g/mol. The van der Waals surface area contributed by atoms with Crippen molar-refractivity contribution >= 4 is 5.82 Å². The number of anilines is 1. The molecule has 94 valence electrons. The summed E-state index contributed by atoms with van der Waals surface area (Å²) in [5, 5.41) is 0. The van der Waals surface area contributed by atoms with Gasteiger partial charge in [0.15, 0.2) is 0 Å². The Hall–Kier alpha value is -1.13. The van der Waals surface area contributed by atoms with Gasteiger partial charge in [-0.2, -0.15) is 0 Å². The number of likely N-dealkylation sites (tertiary alicyclic amines) is 1. The maximum atomic E-state index is 5.37. The summed E-state index contributed by atoms with van der Waals surface area (Å²) in [6, 6.07) is 4.08. The predicted molar refractivity (Wildman–Crippen MR) is 70.3 cm³/mol. The molecule has 0 amide bonds. The Bertz CT molecular complexity index is 366. The maximum absolute atomic E-state index is 5.37. The second kappa shape index (κ2) is 5.47. The van der Waals surface area contributed by atoms with Crippen LogP contribution in [0.4, 0.5) is 5.82 Å². The molecule has 2 rings (SSSR count). The molecule has 0 spiro atoms. The number of pyridine rings is 1. The third kappa shape index (κ3) is 3.17. The van der Waals surface area contributed by atoms with E-state index in [1.165, 1.54) is 25.1 Å². The van der Waals surface area contributed by atoms with Gasteiger partial charge < -0.3 is 5.43 Å². The van der Waals surface area contributed by atoms with Gasteiger partial charge in [0.1, 0.15) is 5.82 Å². The van der Waals surface area contributed by atoms with E-state index in [0.717, 1.165) is 24.2 Å². The number of nitrogens with two attached hydrogens (primary N) is 1. The summed E-state index contributed by atoms with van der Waals surface area (Å²) in [6.45, 7) is 8.07. The molecule has 3 N–H and O–H groups in total. The Morgan fingerprint density at radius 1 is 1.47 bits per heavy atom. The van der Waals surface area contributed by atoms with E-state index >= 15 is 0 Å². The molecular formula is C13H22N4. The highest BCUT2D eigenvalue weighted by atomic mass is 15.2. The minimum Gasteiger partial charge on any atom is -0.308 e. The van der Waals surface area contributed by atoms with Gasteiger partial charge in [0, 0.05) is 19.3 Å². The topological polar surface area (TPSA) is 54.2 Å². The summed E-state index contributed by atoms with van der Waals surface area (Å²) in [7, 11) is 0. The van der Waals surface area contributed by atoms with Crippen molar-refractivity contribution < 1.29 is 0 Å². The van der Waals surface area contributed by atoms with Crippen molar-refractivity contribution in [2.75, 3.05) is 18.5 Å². The minimum absolute atomic E-state index is 0.737. The summed E-state index contributed by atoms with van der Waals surface area (Å²) in [5.41, 5.74) is 3.86. The number of hydrogen-bond donors (Lipinski definition) is 2. The third-order valence-corrected chi connectivity index (χ3v) is 3.80. The molecule has 17 heavy (non-hydrogen) atoms. The minimum atomic E-state index is 0.737. The molecule has 0 saturated carbocycles. The second-order valence-corrected chi connectivity index (χ2v) is 5.17. The highest BCUT2D eigenvalue weighted by Gasteiger charge is 2.22. The Kier molecular flexibility index (Phi) is 3.97. The maximum Gasteiger partial charge on any atom is 0.140 e. The zero-order valence-corrected chi connectivity index (χ0v) is 10.7. The van der Waals surface area contributed by atoms with Crippen molar-refractivity contribution in [2.24, 2.45) is 17.7 Å². The van der Waals surface area contributed by atoms with E-state index in [4.69, 9.17) is 5.84 Å². The number of nitrogen functional groups attached to an aromatic ring is 1. The van der Waals surface area contributed by atoms with Crippen molar-refractivity contribution in [3.8, 4) is 0 Å². The van der Waals surface area contributed by atoms with Gasteiger partial charge >= 0.3 is 0 Å². The molecule has 4 heteroatoms. The average Bonchev–Trinajstić information content (AvgIpc) is 2.34. The summed E-state index contributed by atoms with van der Waals surface area (Å²) >= 11 is 0. The van der Waals surface area contributed by atoms with E-state index in [2.05, 4.69) is 35.2 Å². The van der Waals surface area contributed by atoms with E-state index in [0.29, 0.717) is 0 Å². The van der Waals surface area contributed by atoms with Crippen molar-refractivity contribution in [3.63, 3.8) is 0 Å². The number of rotatable bonds is 3. The first-order chi connectivity index (χ1) is 8.19. The van der Waals surface area contributed by atoms with Crippen LogP contribution in [0.3, 0.4) is 0 Å². The van der Waals surface area contributed by atoms with Gasteiger partial charge in [-0.1, -0.05) is 13.8 Å². The Morgan fingerprint density at radius 3 is 3.00 bits per heavy atom. The summed E-state index contributed by atoms with van der Waals surface area (Å²) in [5.74, 6) is 7.74. The van der Waals surface area contributed by atoms with E-state index < -0.39 is 0 Å². The molecule has 1 aromatic rings. The number of piperidine rings is 1. The van der Waals surface area contributed by atoms with Crippen LogP contribution in [-0.2, 0) is 6.54 Å². The predicted octanol–water partition coefficient (Wildman–Crippen LogP) is 1.85. The fourth-order valence-electron chi connectivity index (χ4n) is 2.40. The van der Waals surface area contributed by atoms with Crippen LogP contribution >= 0.6 is 0 Å². The van der Waals surface area contributed by atoms with Crippen LogP contribution in [0.15, 0.2) is 18.3 Å². The highest BCUT2D eigenvalue weighted by Crippen LogP contribution is 2.23. The van der Waals surface area contributed by atoms with Gasteiger partial charge in [-0.25, -0.2) is 10.8 Å². The van der Waals surface area contributed by atoms with Crippen LogP contribution in [0.25, 0.3) is 0 Å². The molecule has 2 heterocycles. The van der Waals surface area contributed by atoms with E-state index in [1.807, 2.05) is 6.07 Å². The third-order valence-electron chi connectivity index (χ3n) is 3.80. The fraction of sp³-hybridized carbons (Fsp3) is 0.615. The zero-order valence-electron chi connectivity index (χ0n) is 10.7. The normalized spacial score (nSPS) is 25.8. The van der Waals surface area contributed by atoms with E-state index in [9.17, 15) is 0 Å². The van der Waals surface area contributed by atoms with Gasteiger partial charge in [0.25, 0.3) is 0 Å². The molecule has 0 radical (unpaired) electrons. The lowest BCUT2D eigenvalue weighted by molar-refractivity contribution is 0.132. The standard InChI is InChI=1S/C13H22N4/c1-10-4-6-17(8-11(10)2)9-12-3-5-15-13(7-12)16-14/h3,5,7,10-11H,4,6,8-9,14H2,1-2H3,(H,15,16). The SMILES string of the molecule is CC1CCN(Cc2ccnc(NN)c2)CC1C. The van der Waals surface area contributed by atoms with Gasteiger partial charge in [-0.3, -0.25) is 4.90 Å². The smallest absolute Gasteiger partial charge is 0.140 e. The largest absolute Gasteiger partial charge is 0.308 e. The molecule has 1 saturated heterocycles. The van der Waals surface area contributed by atoms with Crippen LogP contribution in [0.1, 0.15) is 25.8 Å². The second-order valence-electron chi connectivity index (χ2n) is 5.17. The van der Waals surface area contributed by atoms with Gasteiger partial charge in [-0.15, -0.1) is 0 Å². The van der Waals surface area contributed by atoms with E-state index in [-0.39, 0.29) is 0 Å². The molecule has 1 aliphatic heterocycles. The van der Waals surface area contributed by atoms with Gasteiger partial charge in [0.2, 0.25) is 0 Å². The molecule has 0 aliphatic carbocycles. The first-order valence-electron chi connectivity index (χ1n) is 6.33. The molecule has 2 atom stereocenters. The number of hydrazine groups is 1. The molecule has 1 aliphatic rings. The average molecular weight is 234 g/mol. The summed E-state index contributed by atoms with van der Waals surface area (Å²) in [4.78, 5) is 6.64. The van der Waals surface area contributed by atoms with E-state index in [1.54, 1.807) is 6.20 Å². The van der Waals surface area contributed by atoms with Crippen LogP contribution in [0.5, 0.6) is 0 Å². The highest BCUT2D eigenvalue weighted by molar-refractivity contribution is 5.35. The van der Waals surface area contributed by atoms with Crippen LogP contribution < -0.4 is 11.3 Å². The summed E-state index contributed by atoms with van der Waals surface area (Å²) < 4.78 is 0. The molecule has 0 aromatic carbocycles. The fourth-order valence-corrected chi connectivity index (χ4v) is 2.40. The number of nitrogens with one attached hydrogen (secondary N) is 1. The molecule has 1 aromatic heterocycles. The number of aromatic nitrogens is 1. The Morgan fingerprint density at radius 2 is 2.29 bits per heavy atom. The Balaban J connectivity index is 1.96. The van der Waals surface area contributed by atoms with Crippen LogP contribution in [-0.4, -0.2) is 23.0 Å². The molecular weight excluding hydrogens is 212 g/mol. The quantitative estimate of drug-likeness (QED) is 0.619. The molecule has 0 bridgehead atoms. The molecule has 1 fully saturated rings. The molecule has 2 unspecified atom stereocenters. The lowest BCUT2D eigenvalue weighted by Gasteiger charge is -2.35. The Labute approximate surface area is 103 Å².